The molecule has 3 rings (SSSR count). The first-order valence-corrected chi connectivity index (χ1v) is 7.87. The Kier molecular flexibility index (Phi) is 3.07. The van der Waals surface area contributed by atoms with Gasteiger partial charge in [0.2, 0.25) is 0 Å². The molecule has 0 saturated heterocycles. The monoisotopic (exact) mass is 263 g/mol. The maximum absolute atomic E-state index is 6.37. The van der Waals surface area contributed by atoms with Gasteiger partial charge >= 0.3 is 0 Å². The van der Waals surface area contributed by atoms with Crippen LogP contribution in [0.3, 0.4) is 0 Å². The Morgan fingerprint density at radius 3 is 2.82 bits per heavy atom. The molecule has 17 heavy (non-hydrogen) atoms. The smallest absolute Gasteiger partial charge is 0.0740 e. The number of rotatable bonds is 3. The van der Waals surface area contributed by atoms with E-state index in [2.05, 4.69) is 25.1 Å². The van der Waals surface area contributed by atoms with Crippen molar-refractivity contribution in [3.63, 3.8) is 0 Å². The standard InChI is InChI=1S/C14H17NS2/c1-2-10-6-7-12(16-10)14(15)13-8-9-4-3-5-11(9)17-13/h6-8,14H,2-5,15H2,1H3. The van der Waals surface area contributed by atoms with Crippen molar-refractivity contribution < 1.29 is 0 Å². The summed E-state index contributed by atoms with van der Waals surface area (Å²) in [4.78, 5) is 5.66. The van der Waals surface area contributed by atoms with Crippen LogP contribution in [0.25, 0.3) is 0 Å². The van der Waals surface area contributed by atoms with Gasteiger partial charge in [-0.2, -0.15) is 0 Å². The lowest BCUT2D eigenvalue weighted by atomic mass is 10.2. The second kappa shape index (κ2) is 4.56. The minimum absolute atomic E-state index is 0.0934. The first-order chi connectivity index (χ1) is 8.28. The molecule has 2 heterocycles. The van der Waals surface area contributed by atoms with E-state index >= 15 is 0 Å². The first kappa shape index (κ1) is 11.5. The van der Waals surface area contributed by atoms with Crippen LogP contribution in [0.5, 0.6) is 0 Å². The van der Waals surface area contributed by atoms with Crippen molar-refractivity contribution in [2.24, 2.45) is 5.73 Å². The Balaban J connectivity index is 1.87. The molecular formula is C14H17NS2. The largest absolute Gasteiger partial charge is 0.319 e. The molecule has 1 aliphatic carbocycles. The van der Waals surface area contributed by atoms with Crippen LogP contribution in [0.15, 0.2) is 18.2 Å². The lowest BCUT2D eigenvalue weighted by molar-refractivity contribution is 0.896. The van der Waals surface area contributed by atoms with E-state index in [0.29, 0.717) is 0 Å². The Bertz CT molecular complexity index is 503. The van der Waals surface area contributed by atoms with Crippen molar-refractivity contribution >= 4 is 22.7 Å². The van der Waals surface area contributed by atoms with E-state index in [1.165, 1.54) is 33.9 Å². The summed E-state index contributed by atoms with van der Waals surface area (Å²) >= 11 is 3.78. The van der Waals surface area contributed by atoms with E-state index in [1.807, 2.05) is 22.7 Å². The van der Waals surface area contributed by atoms with Crippen LogP contribution in [-0.2, 0) is 19.3 Å². The van der Waals surface area contributed by atoms with Crippen LogP contribution in [0.4, 0.5) is 0 Å². The number of hydrogen-bond donors (Lipinski definition) is 1. The number of fused-ring (bicyclic) bond motifs is 1. The highest BCUT2D eigenvalue weighted by atomic mass is 32.1. The molecule has 90 valence electrons. The average molecular weight is 263 g/mol. The predicted molar refractivity (Wildman–Crippen MR) is 76.1 cm³/mol. The summed E-state index contributed by atoms with van der Waals surface area (Å²) in [5, 5.41) is 0. The van der Waals surface area contributed by atoms with Crippen molar-refractivity contribution in [1.29, 1.82) is 0 Å². The quantitative estimate of drug-likeness (QED) is 0.892. The minimum Gasteiger partial charge on any atom is -0.319 e. The normalized spacial score (nSPS) is 16.1. The summed E-state index contributed by atoms with van der Waals surface area (Å²) in [5.41, 5.74) is 7.92. The van der Waals surface area contributed by atoms with E-state index in [9.17, 15) is 0 Å². The van der Waals surface area contributed by atoms with Gasteiger partial charge in [-0.1, -0.05) is 6.92 Å². The maximum Gasteiger partial charge on any atom is 0.0740 e. The molecule has 1 unspecified atom stereocenters. The molecule has 1 nitrogen and oxygen atoms in total. The molecule has 0 spiro atoms. The molecule has 1 aliphatic rings. The van der Waals surface area contributed by atoms with Crippen molar-refractivity contribution in [2.45, 2.75) is 38.6 Å². The zero-order valence-electron chi connectivity index (χ0n) is 10.0. The van der Waals surface area contributed by atoms with Gasteiger partial charge in [-0.05, 0) is 49.4 Å². The third kappa shape index (κ3) is 2.07. The summed E-state index contributed by atoms with van der Waals surface area (Å²) in [7, 11) is 0. The second-order valence-corrected chi connectivity index (χ2v) is 6.95. The predicted octanol–water partition coefficient (Wildman–Crippen LogP) is 3.91. The van der Waals surface area contributed by atoms with Gasteiger partial charge in [0.25, 0.3) is 0 Å². The van der Waals surface area contributed by atoms with Gasteiger partial charge in [0, 0.05) is 19.5 Å². The van der Waals surface area contributed by atoms with Gasteiger partial charge in [-0.25, -0.2) is 0 Å². The zero-order chi connectivity index (χ0) is 11.8. The van der Waals surface area contributed by atoms with Crippen LogP contribution >= 0.6 is 22.7 Å². The lowest BCUT2D eigenvalue weighted by Crippen LogP contribution is -2.08. The van der Waals surface area contributed by atoms with Crippen molar-refractivity contribution in [2.75, 3.05) is 0 Å². The third-order valence-electron chi connectivity index (χ3n) is 3.41. The van der Waals surface area contributed by atoms with Crippen molar-refractivity contribution in [1.82, 2.24) is 0 Å². The zero-order valence-corrected chi connectivity index (χ0v) is 11.7. The van der Waals surface area contributed by atoms with Gasteiger partial charge in [0.15, 0.2) is 0 Å². The molecule has 0 bridgehead atoms. The third-order valence-corrected chi connectivity index (χ3v) is 6.04. The minimum atomic E-state index is 0.0934. The van der Waals surface area contributed by atoms with E-state index in [4.69, 9.17) is 5.73 Å². The summed E-state index contributed by atoms with van der Waals surface area (Å²) in [5.74, 6) is 0. The molecule has 0 fully saturated rings. The highest BCUT2D eigenvalue weighted by Gasteiger charge is 2.19. The summed E-state index contributed by atoms with van der Waals surface area (Å²) in [6.45, 7) is 2.20. The fraction of sp³-hybridized carbons (Fsp3) is 0.429. The van der Waals surface area contributed by atoms with Gasteiger partial charge in [-0.3, -0.25) is 0 Å². The number of aryl methyl sites for hydroxylation is 3. The second-order valence-electron chi connectivity index (χ2n) is 4.59. The van der Waals surface area contributed by atoms with Crippen LogP contribution in [0, 0.1) is 0 Å². The van der Waals surface area contributed by atoms with Gasteiger partial charge in [0.1, 0.15) is 0 Å². The molecule has 0 amide bonds. The number of thiophene rings is 2. The Morgan fingerprint density at radius 1 is 1.24 bits per heavy atom. The molecule has 0 saturated carbocycles. The van der Waals surface area contributed by atoms with Gasteiger partial charge < -0.3 is 5.73 Å². The van der Waals surface area contributed by atoms with Crippen LogP contribution in [-0.4, -0.2) is 0 Å². The summed E-state index contributed by atoms with van der Waals surface area (Å²) in [6, 6.07) is 6.83. The SMILES string of the molecule is CCc1ccc(C(N)c2cc3c(s2)CCC3)s1. The summed E-state index contributed by atoms with van der Waals surface area (Å²) < 4.78 is 0. The van der Waals surface area contributed by atoms with Crippen molar-refractivity contribution in [3.8, 4) is 0 Å². The van der Waals surface area contributed by atoms with E-state index < -0.39 is 0 Å². The number of nitrogens with two attached hydrogens (primary N) is 1. The first-order valence-electron chi connectivity index (χ1n) is 6.23. The van der Waals surface area contributed by atoms with Crippen LogP contribution in [0.2, 0.25) is 0 Å². The lowest BCUT2D eigenvalue weighted by Gasteiger charge is -2.06. The van der Waals surface area contributed by atoms with Crippen LogP contribution in [0.1, 0.15) is 44.5 Å². The van der Waals surface area contributed by atoms with Crippen molar-refractivity contribution in [3.05, 3.63) is 43.3 Å². The Labute approximate surface area is 110 Å². The molecule has 0 aromatic carbocycles. The molecule has 0 radical (unpaired) electrons. The number of hydrogen-bond acceptors (Lipinski definition) is 3. The molecular weight excluding hydrogens is 246 g/mol. The topological polar surface area (TPSA) is 26.0 Å². The molecule has 3 heteroatoms. The van der Waals surface area contributed by atoms with Gasteiger partial charge in [0.05, 0.1) is 6.04 Å². The average Bonchev–Trinajstić information content (AvgIpc) is 3.02. The maximum atomic E-state index is 6.37. The molecule has 2 aromatic heterocycles. The highest BCUT2D eigenvalue weighted by molar-refractivity contribution is 7.13. The molecule has 2 aromatic rings. The molecule has 2 N–H and O–H groups in total. The fourth-order valence-corrected chi connectivity index (χ4v) is 4.72. The van der Waals surface area contributed by atoms with E-state index in [1.54, 1.807) is 10.4 Å². The molecule has 0 aliphatic heterocycles. The van der Waals surface area contributed by atoms with Gasteiger partial charge in [-0.15, -0.1) is 22.7 Å². The highest BCUT2D eigenvalue weighted by Crippen LogP contribution is 2.36. The van der Waals surface area contributed by atoms with Crippen LogP contribution < -0.4 is 5.73 Å². The molecule has 1 atom stereocenters. The van der Waals surface area contributed by atoms with E-state index in [-0.39, 0.29) is 6.04 Å². The summed E-state index contributed by atoms with van der Waals surface area (Å²) in [6.07, 6.45) is 4.95. The fourth-order valence-electron chi connectivity index (χ4n) is 2.40. The Hall–Kier alpha value is -0.640. The van der Waals surface area contributed by atoms with E-state index in [0.717, 1.165) is 6.42 Å². The Morgan fingerprint density at radius 2 is 2.12 bits per heavy atom.